The number of ether oxygens (including phenoxy) is 1. The van der Waals surface area contributed by atoms with Gasteiger partial charge in [0.1, 0.15) is 12.4 Å². The van der Waals surface area contributed by atoms with Crippen LogP contribution >= 0.6 is 27.3 Å². The summed E-state index contributed by atoms with van der Waals surface area (Å²) in [6.45, 7) is 0.456. The van der Waals surface area contributed by atoms with Crippen molar-refractivity contribution >= 4 is 44.3 Å². The first-order valence-electron chi connectivity index (χ1n) is 6.11. The van der Waals surface area contributed by atoms with Crippen LogP contribution in [-0.4, -0.2) is 6.29 Å². The van der Waals surface area contributed by atoms with Gasteiger partial charge in [-0.2, -0.15) is 0 Å². The average Bonchev–Trinajstić information content (AvgIpc) is 2.89. The van der Waals surface area contributed by atoms with Gasteiger partial charge in [0.25, 0.3) is 0 Å². The van der Waals surface area contributed by atoms with E-state index < -0.39 is 0 Å². The van der Waals surface area contributed by atoms with E-state index >= 15 is 0 Å². The molecule has 3 rings (SSSR count). The van der Waals surface area contributed by atoms with Gasteiger partial charge in [-0.25, -0.2) is 0 Å². The summed E-state index contributed by atoms with van der Waals surface area (Å²) in [6.07, 6.45) is 0.862. The first-order chi connectivity index (χ1) is 9.79. The lowest BCUT2D eigenvalue weighted by atomic mass is 10.0. The maximum Gasteiger partial charge on any atom is 0.154 e. The Morgan fingerprint density at radius 2 is 2.00 bits per heavy atom. The number of benzene rings is 2. The van der Waals surface area contributed by atoms with Crippen LogP contribution in [0, 0.1) is 0 Å². The fourth-order valence-corrected chi connectivity index (χ4v) is 3.47. The van der Waals surface area contributed by atoms with Crippen molar-refractivity contribution in [2.24, 2.45) is 0 Å². The van der Waals surface area contributed by atoms with Gasteiger partial charge in [0.2, 0.25) is 0 Å². The number of carbonyl (C=O) groups excluding carboxylic acids is 1. The van der Waals surface area contributed by atoms with Crippen molar-refractivity contribution < 1.29 is 9.53 Å². The van der Waals surface area contributed by atoms with Gasteiger partial charge in [-0.3, -0.25) is 4.79 Å². The molecule has 0 amide bonds. The number of carbonyl (C=O) groups is 1. The van der Waals surface area contributed by atoms with Crippen LogP contribution < -0.4 is 4.74 Å². The predicted octanol–water partition coefficient (Wildman–Crippen LogP) is 5.06. The summed E-state index contributed by atoms with van der Waals surface area (Å²) in [7, 11) is 0. The quantitative estimate of drug-likeness (QED) is 0.617. The molecule has 3 aromatic rings. The number of hydrogen-bond donors (Lipinski definition) is 0. The number of rotatable bonds is 4. The van der Waals surface area contributed by atoms with Crippen molar-refractivity contribution in [1.82, 2.24) is 0 Å². The minimum Gasteiger partial charge on any atom is -0.487 e. The molecule has 2 nitrogen and oxygen atoms in total. The van der Waals surface area contributed by atoms with E-state index in [0.29, 0.717) is 17.9 Å². The monoisotopic (exact) mass is 346 g/mol. The van der Waals surface area contributed by atoms with Gasteiger partial charge < -0.3 is 4.74 Å². The Kier molecular flexibility index (Phi) is 3.85. The minimum atomic E-state index is 0.456. The van der Waals surface area contributed by atoms with Crippen molar-refractivity contribution in [2.75, 3.05) is 0 Å². The number of halogens is 1. The molecule has 0 atom stereocenters. The van der Waals surface area contributed by atoms with Crippen molar-refractivity contribution in [2.45, 2.75) is 6.61 Å². The van der Waals surface area contributed by atoms with Crippen LogP contribution in [0.15, 0.2) is 52.3 Å². The molecule has 0 saturated heterocycles. The number of thiophene rings is 1. The Balaban J connectivity index is 1.95. The maximum absolute atomic E-state index is 11.4. The van der Waals surface area contributed by atoms with E-state index in [4.69, 9.17) is 4.74 Å². The zero-order valence-electron chi connectivity index (χ0n) is 10.5. The van der Waals surface area contributed by atoms with Gasteiger partial charge in [0.15, 0.2) is 6.29 Å². The Bertz CT molecular complexity index is 764. The summed E-state index contributed by atoms with van der Waals surface area (Å²) in [6, 6.07) is 13.6. The third kappa shape index (κ3) is 2.49. The minimum absolute atomic E-state index is 0.456. The second-order valence-corrected chi connectivity index (χ2v) is 6.15. The number of fused-ring (bicyclic) bond motifs is 1. The molecule has 100 valence electrons. The standard InChI is InChI=1S/C16H11BrO2S/c17-14-7-8-20-16(14)10-19-15-6-5-11-3-1-2-4-12(11)13(15)9-18/h1-9H,10H2. The highest BCUT2D eigenvalue weighted by atomic mass is 79.9. The summed E-state index contributed by atoms with van der Waals surface area (Å²) in [4.78, 5) is 12.5. The average molecular weight is 347 g/mol. The van der Waals surface area contributed by atoms with E-state index in [1.54, 1.807) is 11.3 Å². The van der Waals surface area contributed by atoms with Crippen LogP contribution in [0.1, 0.15) is 15.2 Å². The van der Waals surface area contributed by atoms with Crippen LogP contribution in [0.4, 0.5) is 0 Å². The van der Waals surface area contributed by atoms with E-state index in [1.807, 2.05) is 47.8 Å². The van der Waals surface area contributed by atoms with Gasteiger partial charge in [0, 0.05) is 4.47 Å². The summed E-state index contributed by atoms with van der Waals surface area (Å²) >= 11 is 5.10. The molecule has 1 heterocycles. The van der Waals surface area contributed by atoms with Crippen molar-refractivity contribution in [3.05, 3.63) is 62.8 Å². The topological polar surface area (TPSA) is 26.3 Å². The Morgan fingerprint density at radius 1 is 1.15 bits per heavy atom. The first kappa shape index (κ1) is 13.3. The van der Waals surface area contributed by atoms with Gasteiger partial charge in [0.05, 0.1) is 10.4 Å². The lowest BCUT2D eigenvalue weighted by Gasteiger charge is -2.10. The number of hydrogen-bond acceptors (Lipinski definition) is 3. The van der Waals surface area contributed by atoms with Crippen LogP contribution in [-0.2, 0) is 6.61 Å². The van der Waals surface area contributed by atoms with E-state index in [1.165, 1.54) is 0 Å². The summed E-state index contributed by atoms with van der Waals surface area (Å²) in [5.74, 6) is 0.624. The molecule has 0 saturated carbocycles. The van der Waals surface area contributed by atoms with Crippen molar-refractivity contribution in [3.8, 4) is 5.75 Å². The molecule has 0 fully saturated rings. The SMILES string of the molecule is O=Cc1c(OCc2sccc2Br)ccc2ccccc12. The van der Waals surface area contributed by atoms with Gasteiger partial charge in [-0.1, -0.05) is 30.3 Å². The van der Waals surface area contributed by atoms with Crippen molar-refractivity contribution in [1.29, 1.82) is 0 Å². The molecule has 20 heavy (non-hydrogen) atoms. The fourth-order valence-electron chi connectivity index (χ4n) is 2.09. The summed E-state index contributed by atoms with van der Waals surface area (Å²) < 4.78 is 6.85. The smallest absolute Gasteiger partial charge is 0.154 e. The Labute approximate surface area is 129 Å². The Morgan fingerprint density at radius 3 is 2.75 bits per heavy atom. The molecule has 0 aliphatic carbocycles. The predicted molar refractivity (Wildman–Crippen MR) is 85.7 cm³/mol. The highest BCUT2D eigenvalue weighted by Gasteiger charge is 2.09. The molecule has 4 heteroatoms. The zero-order chi connectivity index (χ0) is 13.9. The zero-order valence-corrected chi connectivity index (χ0v) is 12.9. The van der Waals surface area contributed by atoms with Gasteiger partial charge in [-0.05, 0) is 44.2 Å². The molecule has 0 bridgehead atoms. The van der Waals surface area contributed by atoms with Gasteiger partial charge in [-0.15, -0.1) is 11.3 Å². The first-order valence-corrected chi connectivity index (χ1v) is 7.78. The van der Waals surface area contributed by atoms with E-state index in [2.05, 4.69) is 15.9 Å². The molecule has 0 aliphatic rings. The van der Waals surface area contributed by atoms with Crippen LogP contribution in [0.2, 0.25) is 0 Å². The van der Waals surface area contributed by atoms with E-state index in [9.17, 15) is 4.79 Å². The van der Waals surface area contributed by atoms with Gasteiger partial charge >= 0.3 is 0 Å². The second kappa shape index (κ2) is 5.77. The van der Waals surface area contributed by atoms with Crippen LogP contribution in [0.5, 0.6) is 5.75 Å². The number of aldehydes is 1. The summed E-state index contributed by atoms with van der Waals surface area (Å²) in [5.41, 5.74) is 0.607. The molecule has 0 aliphatic heterocycles. The van der Waals surface area contributed by atoms with Crippen LogP contribution in [0.3, 0.4) is 0 Å². The highest BCUT2D eigenvalue weighted by Crippen LogP contribution is 2.29. The lowest BCUT2D eigenvalue weighted by molar-refractivity contribution is 0.112. The molecule has 2 aromatic carbocycles. The van der Waals surface area contributed by atoms with Crippen LogP contribution in [0.25, 0.3) is 10.8 Å². The lowest BCUT2D eigenvalue weighted by Crippen LogP contribution is -1.98. The molecule has 1 aromatic heterocycles. The largest absolute Gasteiger partial charge is 0.487 e. The second-order valence-electron chi connectivity index (χ2n) is 4.30. The highest BCUT2D eigenvalue weighted by molar-refractivity contribution is 9.10. The summed E-state index contributed by atoms with van der Waals surface area (Å²) in [5, 5.41) is 3.97. The third-order valence-corrected chi connectivity index (χ3v) is 5.00. The fraction of sp³-hybridized carbons (Fsp3) is 0.0625. The van der Waals surface area contributed by atoms with E-state index in [-0.39, 0.29) is 0 Å². The third-order valence-electron chi connectivity index (χ3n) is 3.10. The molecule has 0 radical (unpaired) electrons. The molecule has 0 spiro atoms. The van der Waals surface area contributed by atoms with Crippen molar-refractivity contribution in [3.63, 3.8) is 0 Å². The molecular weight excluding hydrogens is 336 g/mol. The molecule has 0 N–H and O–H groups in total. The van der Waals surface area contributed by atoms with E-state index in [0.717, 1.165) is 26.4 Å². The normalized spacial score (nSPS) is 10.7. The molecule has 0 unspecified atom stereocenters. The maximum atomic E-state index is 11.4. The molecular formula is C16H11BrO2S. The Hall–Kier alpha value is -1.65.